The van der Waals surface area contributed by atoms with Gasteiger partial charge in [0.25, 0.3) is 0 Å². The first kappa shape index (κ1) is 12.1. The number of rotatable bonds is 2. The number of benzene rings is 1. The molecule has 0 aliphatic rings. The molecule has 16 heavy (non-hydrogen) atoms. The number of hydrogen-bond donors (Lipinski definition) is 1. The zero-order valence-corrected chi connectivity index (χ0v) is 11.9. The van der Waals surface area contributed by atoms with Crippen LogP contribution in [0.25, 0.3) is 0 Å². The van der Waals surface area contributed by atoms with Crippen molar-refractivity contribution in [3.63, 3.8) is 0 Å². The fourth-order valence-electron chi connectivity index (χ4n) is 1.50. The van der Waals surface area contributed by atoms with E-state index in [1.54, 1.807) is 11.3 Å². The lowest BCUT2D eigenvalue weighted by molar-refractivity contribution is 0.893. The maximum atomic E-state index is 6.20. The maximum absolute atomic E-state index is 6.20. The average molecular weight is 317 g/mol. The molecule has 84 valence electrons. The highest BCUT2D eigenvalue weighted by Gasteiger charge is 2.13. The van der Waals surface area contributed by atoms with E-state index in [0.29, 0.717) is 0 Å². The first-order valence-electron chi connectivity index (χ1n) is 4.85. The van der Waals surface area contributed by atoms with Crippen LogP contribution in [0.2, 0.25) is 5.02 Å². The fourth-order valence-corrected chi connectivity index (χ4v) is 3.29. The van der Waals surface area contributed by atoms with Gasteiger partial charge in [0.05, 0.1) is 6.04 Å². The van der Waals surface area contributed by atoms with Gasteiger partial charge in [0.2, 0.25) is 0 Å². The quantitative estimate of drug-likeness (QED) is 0.866. The van der Waals surface area contributed by atoms with Crippen molar-refractivity contribution in [2.24, 2.45) is 5.73 Å². The predicted molar refractivity (Wildman–Crippen MR) is 74.2 cm³/mol. The van der Waals surface area contributed by atoms with E-state index in [4.69, 9.17) is 17.3 Å². The van der Waals surface area contributed by atoms with Crippen LogP contribution in [0.3, 0.4) is 0 Å². The van der Waals surface area contributed by atoms with Gasteiger partial charge in [0.1, 0.15) is 0 Å². The highest BCUT2D eigenvalue weighted by molar-refractivity contribution is 9.10. The van der Waals surface area contributed by atoms with Crippen LogP contribution in [0.1, 0.15) is 21.4 Å². The molecule has 1 heterocycles. The normalized spacial score (nSPS) is 12.8. The number of thiophene rings is 1. The zero-order valence-electron chi connectivity index (χ0n) is 8.71. The lowest BCUT2D eigenvalue weighted by atomic mass is 10.1. The maximum Gasteiger partial charge on any atom is 0.0647 e. The summed E-state index contributed by atoms with van der Waals surface area (Å²) in [6, 6.07) is 9.66. The molecule has 0 amide bonds. The van der Waals surface area contributed by atoms with Crippen LogP contribution in [0, 0.1) is 6.92 Å². The van der Waals surface area contributed by atoms with Gasteiger partial charge in [0.15, 0.2) is 0 Å². The highest BCUT2D eigenvalue weighted by atomic mass is 79.9. The molecule has 2 aromatic rings. The molecule has 0 aliphatic carbocycles. The molecule has 2 rings (SSSR count). The molecule has 1 nitrogen and oxygen atoms in total. The Hall–Kier alpha value is -0.350. The van der Waals surface area contributed by atoms with Crippen molar-refractivity contribution in [1.29, 1.82) is 0 Å². The van der Waals surface area contributed by atoms with Gasteiger partial charge in [-0.3, -0.25) is 0 Å². The number of hydrogen-bond acceptors (Lipinski definition) is 2. The molecule has 0 bridgehead atoms. The third kappa shape index (κ3) is 2.48. The van der Waals surface area contributed by atoms with Crippen molar-refractivity contribution in [3.8, 4) is 0 Å². The second-order valence-electron chi connectivity index (χ2n) is 3.59. The summed E-state index contributed by atoms with van der Waals surface area (Å²) in [6.07, 6.45) is 0. The summed E-state index contributed by atoms with van der Waals surface area (Å²) in [4.78, 5) is 2.39. The standard InChI is InChI=1S/C12H11BrClNS/c1-7-10(13)6-11(16-7)12(15)8-3-2-4-9(14)5-8/h2-6,12H,15H2,1H3. The SMILES string of the molecule is Cc1sc(C(N)c2cccc(Cl)c2)cc1Br. The molecule has 4 heteroatoms. The van der Waals surface area contributed by atoms with E-state index in [2.05, 4.69) is 28.9 Å². The van der Waals surface area contributed by atoms with E-state index in [1.807, 2.05) is 24.3 Å². The second-order valence-corrected chi connectivity index (χ2v) is 6.16. The van der Waals surface area contributed by atoms with E-state index >= 15 is 0 Å². The van der Waals surface area contributed by atoms with E-state index < -0.39 is 0 Å². The van der Waals surface area contributed by atoms with Crippen molar-refractivity contribution >= 4 is 38.9 Å². The Morgan fingerprint density at radius 1 is 1.38 bits per heavy atom. The minimum absolute atomic E-state index is 0.103. The Balaban J connectivity index is 2.35. The van der Waals surface area contributed by atoms with Crippen molar-refractivity contribution in [3.05, 3.63) is 55.1 Å². The van der Waals surface area contributed by atoms with Gasteiger partial charge in [0, 0.05) is 19.2 Å². The molecule has 1 atom stereocenters. The summed E-state index contributed by atoms with van der Waals surface area (Å²) in [5.41, 5.74) is 7.24. The monoisotopic (exact) mass is 315 g/mol. The molecule has 1 aromatic heterocycles. The second kappa shape index (κ2) is 4.88. The van der Waals surface area contributed by atoms with Crippen LogP contribution < -0.4 is 5.73 Å². The summed E-state index contributed by atoms with van der Waals surface area (Å²) < 4.78 is 1.12. The van der Waals surface area contributed by atoms with Crippen LogP contribution in [0.4, 0.5) is 0 Å². The van der Waals surface area contributed by atoms with Crippen LogP contribution in [0.5, 0.6) is 0 Å². The zero-order chi connectivity index (χ0) is 11.7. The van der Waals surface area contributed by atoms with E-state index in [9.17, 15) is 0 Å². The van der Waals surface area contributed by atoms with Gasteiger partial charge in [-0.05, 0) is 46.6 Å². The first-order chi connectivity index (χ1) is 7.58. The van der Waals surface area contributed by atoms with Gasteiger partial charge in [-0.2, -0.15) is 0 Å². The van der Waals surface area contributed by atoms with Gasteiger partial charge in [-0.1, -0.05) is 23.7 Å². The lowest BCUT2D eigenvalue weighted by Crippen LogP contribution is -2.09. The van der Waals surface area contributed by atoms with Crippen LogP contribution >= 0.6 is 38.9 Å². The van der Waals surface area contributed by atoms with Crippen LogP contribution in [-0.4, -0.2) is 0 Å². The predicted octanol–water partition coefficient (Wildman–Crippen LogP) is 4.52. The van der Waals surface area contributed by atoms with Gasteiger partial charge in [-0.15, -0.1) is 11.3 Å². The minimum Gasteiger partial charge on any atom is -0.320 e. The summed E-state index contributed by atoms with van der Waals surface area (Å²) in [6.45, 7) is 2.07. The summed E-state index contributed by atoms with van der Waals surface area (Å²) in [5, 5.41) is 0.722. The number of nitrogens with two attached hydrogens (primary N) is 1. The molecule has 0 radical (unpaired) electrons. The van der Waals surface area contributed by atoms with E-state index in [1.165, 1.54) is 4.88 Å². The Morgan fingerprint density at radius 3 is 2.69 bits per heavy atom. The lowest BCUT2D eigenvalue weighted by Gasteiger charge is -2.09. The molecular formula is C12H11BrClNS. The average Bonchev–Trinajstić information content (AvgIpc) is 2.58. The smallest absolute Gasteiger partial charge is 0.0647 e. The van der Waals surface area contributed by atoms with Gasteiger partial charge < -0.3 is 5.73 Å². The molecule has 1 aromatic carbocycles. The van der Waals surface area contributed by atoms with E-state index in [0.717, 1.165) is 19.9 Å². The molecule has 0 fully saturated rings. The van der Waals surface area contributed by atoms with Gasteiger partial charge >= 0.3 is 0 Å². The third-order valence-electron chi connectivity index (χ3n) is 2.39. The molecule has 0 aliphatic heterocycles. The van der Waals surface area contributed by atoms with Crippen LogP contribution in [0.15, 0.2) is 34.8 Å². The Labute approximate surface area is 112 Å². The summed E-state index contributed by atoms with van der Waals surface area (Å²) in [5.74, 6) is 0. The molecule has 1 unspecified atom stereocenters. The fraction of sp³-hybridized carbons (Fsp3) is 0.167. The van der Waals surface area contributed by atoms with Crippen molar-refractivity contribution < 1.29 is 0 Å². The Bertz CT molecular complexity index is 490. The third-order valence-corrected chi connectivity index (χ3v) is 4.85. The van der Waals surface area contributed by atoms with Crippen molar-refractivity contribution in [2.75, 3.05) is 0 Å². The van der Waals surface area contributed by atoms with Crippen molar-refractivity contribution in [2.45, 2.75) is 13.0 Å². The number of aryl methyl sites for hydroxylation is 1. The Kier molecular flexibility index (Phi) is 3.70. The largest absolute Gasteiger partial charge is 0.320 e. The minimum atomic E-state index is -0.103. The first-order valence-corrected chi connectivity index (χ1v) is 6.83. The highest BCUT2D eigenvalue weighted by Crippen LogP contribution is 2.32. The van der Waals surface area contributed by atoms with Gasteiger partial charge in [-0.25, -0.2) is 0 Å². The molecule has 2 N–H and O–H groups in total. The van der Waals surface area contributed by atoms with Crippen molar-refractivity contribution in [1.82, 2.24) is 0 Å². The molecule has 0 saturated heterocycles. The van der Waals surface area contributed by atoms with E-state index in [-0.39, 0.29) is 6.04 Å². The number of halogens is 2. The molecule has 0 spiro atoms. The molecular weight excluding hydrogens is 306 g/mol. The molecule has 0 saturated carbocycles. The topological polar surface area (TPSA) is 26.0 Å². The Morgan fingerprint density at radius 2 is 2.12 bits per heavy atom. The summed E-state index contributed by atoms with van der Waals surface area (Å²) in [7, 11) is 0. The summed E-state index contributed by atoms with van der Waals surface area (Å²) >= 11 is 11.2. The van der Waals surface area contributed by atoms with Crippen LogP contribution in [-0.2, 0) is 0 Å².